The van der Waals surface area contributed by atoms with Crippen LogP contribution < -0.4 is 10.1 Å². The van der Waals surface area contributed by atoms with Gasteiger partial charge in [0.1, 0.15) is 11.6 Å². The lowest BCUT2D eigenvalue weighted by Gasteiger charge is -2.14. The second kappa shape index (κ2) is 11.0. The Bertz CT molecular complexity index is 1660. The van der Waals surface area contributed by atoms with Crippen LogP contribution in [-0.4, -0.2) is 20.0 Å². The zero-order chi connectivity index (χ0) is 27.4. The highest BCUT2D eigenvalue weighted by atomic mass is 32.2. The van der Waals surface area contributed by atoms with E-state index in [-0.39, 0.29) is 10.7 Å². The Morgan fingerprint density at radius 1 is 0.897 bits per heavy atom. The number of halogens is 1. The van der Waals surface area contributed by atoms with Crippen LogP contribution in [0.4, 0.5) is 21.5 Å². The number of nitrogens with zero attached hydrogens (tertiary/aromatic N) is 3. The van der Waals surface area contributed by atoms with Crippen molar-refractivity contribution in [1.82, 2.24) is 4.83 Å². The quantitative estimate of drug-likeness (QED) is 0.205. The molecule has 1 amide bonds. The van der Waals surface area contributed by atoms with E-state index in [0.717, 1.165) is 30.0 Å². The highest BCUT2D eigenvalue weighted by Gasteiger charge is 2.28. The third-order valence-electron chi connectivity index (χ3n) is 6.12. The molecule has 0 fully saturated rings. The number of fused-ring (bicyclic) bond motifs is 1. The van der Waals surface area contributed by atoms with E-state index in [2.05, 4.69) is 25.5 Å². The maximum absolute atomic E-state index is 13.2. The molecule has 0 aliphatic heterocycles. The minimum Gasteiger partial charge on any atom is -0.455 e. The van der Waals surface area contributed by atoms with Crippen molar-refractivity contribution >= 4 is 38.7 Å². The number of sulfonamides is 1. The SMILES string of the molecule is Cc1c(C(=O)Nc2ccc(N=Nc3ccccc3)cc2)oc2c1C(=NNS(=O)(=O)c1ccc(F)cc1)CCC2. The van der Waals surface area contributed by atoms with Crippen LogP contribution in [0.3, 0.4) is 0 Å². The summed E-state index contributed by atoms with van der Waals surface area (Å²) in [5.74, 6) is -0.280. The smallest absolute Gasteiger partial charge is 0.291 e. The number of hydrazone groups is 1. The Balaban J connectivity index is 1.31. The monoisotopic (exact) mass is 545 g/mol. The molecule has 3 aromatic carbocycles. The van der Waals surface area contributed by atoms with Gasteiger partial charge in [0, 0.05) is 23.2 Å². The first kappa shape index (κ1) is 26.0. The summed E-state index contributed by atoms with van der Waals surface area (Å²) in [4.78, 5) is 15.2. The molecule has 1 aromatic heterocycles. The van der Waals surface area contributed by atoms with Gasteiger partial charge in [-0.3, -0.25) is 4.79 Å². The molecule has 2 N–H and O–H groups in total. The second-order valence-corrected chi connectivity index (χ2v) is 10.5. The molecule has 0 spiro atoms. The van der Waals surface area contributed by atoms with Crippen molar-refractivity contribution in [2.45, 2.75) is 31.1 Å². The fraction of sp³-hybridized carbons (Fsp3) is 0.143. The van der Waals surface area contributed by atoms with Crippen LogP contribution in [0.2, 0.25) is 0 Å². The molecule has 5 rings (SSSR count). The second-order valence-electron chi connectivity index (χ2n) is 8.85. The number of benzene rings is 3. The highest BCUT2D eigenvalue weighted by molar-refractivity contribution is 7.89. The Kier molecular flexibility index (Phi) is 7.33. The van der Waals surface area contributed by atoms with Gasteiger partial charge < -0.3 is 9.73 Å². The van der Waals surface area contributed by atoms with Gasteiger partial charge in [-0.2, -0.15) is 28.6 Å². The first-order valence-corrected chi connectivity index (χ1v) is 13.6. The Morgan fingerprint density at radius 3 is 2.26 bits per heavy atom. The number of nitrogens with one attached hydrogen (secondary N) is 2. The van der Waals surface area contributed by atoms with E-state index in [1.165, 1.54) is 0 Å². The number of anilines is 1. The van der Waals surface area contributed by atoms with Crippen LogP contribution in [-0.2, 0) is 16.4 Å². The number of furan rings is 1. The van der Waals surface area contributed by atoms with E-state index in [9.17, 15) is 17.6 Å². The minimum absolute atomic E-state index is 0.110. The molecule has 0 saturated carbocycles. The summed E-state index contributed by atoms with van der Waals surface area (Å²) in [7, 11) is -3.99. The summed E-state index contributed by atoms with van der Waals surface area (Å²) in [6, 6.07) is 20.7. The summed E-state index contributed by atoms with van der Waals surface area (Å²) in [6.45, 7) is 1.74. The molecular weight excluding hydrogens is 521 g/mol. The molecule has 198 valence electrons. The first-order valence-electron chi connectivity index (χ1n) is 12.1. The predicted molar refractivity (Wildman–Crippen MR) is 145 cm³/mol. The molecule has 1 heterocycles. The molecule has 0 saturated heterocycles. The van der Waals surface area contributed by atoms with Gasteiger partial charge in [-0.25, -0.2) is 4.39 Å². The van der Waals surface area contributed by atoms with Gasteiger partial charge in [0.15, 0.2) is 5.76 Å². The fourth-order valence-electron chi connectivity index (χ4n) is 4.19. The van der Waals surface area contributed by atoms with Crippen molar-refractivity contribution in [2.75, 3.05) is 5.32 Å². The lowest BCUT2D eigenvalue weighted by Crippen LogP contribution is -2.22. The average molecular weight is 546 g/mol. The summed E-state index contributed by atoms with van der Waals surface area (Å²) in [5, 5.41) is 15.3. The molecule has 1 aliphatic carbocycles. The van der Waals surface area contributed by atoms with E-state index in [4.69, 9.17) is 4.42 Å². The molecule has 0 radical (unpaired) electrons. The summed E-state index contributed by atoms with van der Waals surface area (Å²) < 4.78 is 44.3. The van der Waals surface area contributed by atoms with E-state index in [0.29, 0.717) is 53.2 Å². The third-order valence-corrected chi connectivity index (χ3v) is 7.34. The largest absolute Gasteiger partial charge is 0.455 e. The normalized spacial score (nSPS) is 14.4. The number of aryl methyl sites for hydroxylation is 1. The van der Waals surface area contributed by atoms with Gasteiger partial charge in [-0.1, -0.05) is 18.2 Å². The Morgan fingerprint density at radius 2 is 1.56 bits per heavy atom. The topological polar surface area (TPSA) is 125 Å². The average Bonchev–Trinajstić information content (AvgIpc) is 3.29. The predicted octanol–water partition coefficient (Wildman–Crippen LogP) is 6.41. The van der Waals surface area contributed by atoms with Crippen LogP contribution in [0.15, 0.2) is 104 Å². The van der Waals surface area contributed by atoms with Gasteiger partial charge in [0.2, 0.25) is 0 Å². The molecule has 0 bridgehead atoms. The lowest BCUT2D eigenvalue weighted by atomic mass is 9.93. The van der Waals surface area contributed by atoms with Crippen molar-refractivity contribution < 1.29 is 22.0 Å². The van der Waals surface area contributed by atoms with Crippen LogP contribution >= 0.6 is 0 Å². The Hall–Kier alpha value is -4.64. The summed E-state index contributed by atoms with van der Waals surface area (Å²) in [5.41, 5.74) is 3.56. The third kappa shape index (κ3) is 5.93. The van der Waals surface area contributed by atoms with E-state index in [1.807, 2.05) is 30.3 Å². The molecule has 1 aliphatic rings. The lowest BCUT2D eigenvalue weighted by molar-refractivity contribution is 0.0994. The van der Waals surface area contributed by atoms with Crippen LogP contribution in [0.1, 0.15) is 40.3 Å². The number of rotatable bonds is 7. The van der Waals surface area contributed by atoms with Gasteiger partial charge in [0.25, 0.3) is 15.9 Å². The maximum atomic E-state index is 13.2. The molecule has 0 atom stereocenters. The highest BCUT2D eigenvalue weighted by Crippen LogP contribution is 2.31. The van der Waals surface area contributed by atoms with Crippen molar-refractivity contribution in [2.24, 2.45) is 15.3 Å². The first-order chi connectivity index (χ1) is 18.8. The Labute approximate surface area is 224 Å². The molecule has 9 nitrogen and oxygen atoms in total. The fourth-order valence-corrected chi connectivity index (χ4v) is 5.02. The molecule has 39 heavy (non-hydrogen) atoms. The number of carbonyl (C=O) groups is 1. The van der Waals surface area contributed by atoms with Crippen molar-refractivity contribution in [1.29, 1.82) is 0 Å². The summed E-state index contributed by atoms with van der Waals surface area (Å²) in [6.07, 6.45) is 1.77. The molecule has 4 aromatic rings. The van der Waals surface area contributed by atoms with E-state index >= 15 is 0 Å². The van der Waals surface area contributed by atoms with E-state index in [1.54, 1.807) is 31.2 Å². The van der Waals surface area contributed by atoms with Gasteiger partial charge >= 0.3 is 0 Å². The molecule has 11 heteroatoms. The number of hydrogen-bond donors (Lipinski definition) is 2. The van der Waals surface area contributed by atoms with Crippen molar-refractivity contribution in [3.63, 3.8) is 0 Å². The zero-order valence-corrected chi connectivity index (χ0v) is 21.7. The minimum atomic E-state index is -3.99. The number of carbonyl (C=O) groups excluding carboxylic acids is 1. The van der Waals surface area contributed by atoms with Crippen molar-refractivity contribution in [3.8, 4) is 0 Å². The zero-order valence-electron chi connectivity index (χ0n) is 20.9. The van der Waals surface area contributed by atoms with Crippen LogP contribution in [0.25, 0.3) is 0 Å². The van der Waals surface area contributed by atoms with Gasteiger partial charge in [0.05, 0.1) is 22.0 Å². The van der Waals surface area contributed by atoms with Crippen LogP contribution in [0, 0.1) is 12.7 Å². The molecule has 0 unspecified atom stereocenters. The molecular formula is C28H24FN5O4S. The number of azo groups is 1. The summed E-state index contributed by atoms with van der Waals surface area (Å²) >= 11 is 0. The van der Waals surface area contributed by atoms with Crippen molar-refractivity contribution in [3.05, 3.63) is 107 Å². The van der Waals surface area contributed by atoms with Gasteiger partial charge in [-0.05, 0) is 80.4 Å². The van der Waals surface area contributed by atoms with Crippen LogP contribution in [0.5, 0.6) is 0 Å². The standard InChI is InChI=1S/C28H24FN5O4S/c1-18-26-24(33-34-39(36,37)23-16-10-19(29)11-17-23)8-5-9-25(26)38-27(18)28(35)30-20-12-14-22(15-13-20)32-31-21-6-3-2-4-7-21/h2-4,6-7,10-17,34H,5,8-9H2,1H3,(H,30,35). The van der Waals surface area contributed by atoms with E-state index < -0.39 is 21.7 Å². The maximum Gasteiger partial charge on any atom is 0.291 e. The number of amides is 1. The van der Waals surface area contributed by atoms with Gasteiger partial charge in [-0.15, -0.1) is 0 Å². The number of hydrogen-bond acceptors (Lipinski definition) is 7.